The van der Waals surface area contributed by atoms with Crippen molar-refractivity contribution in [1.29, 1.82) is 0 Å². The molecule has 0 fully saturated rings. The number of hydrogen-bond donors (Lipinski definition) is 1. The standard InChI is InChI=1S/C7H6FNO3S/c8-6-2-1-5(4-10)3-7(6)13(9,11)12/h1-4H,(H2,9,11,12). The lowest BCUT2D eigenvalue weighted by Gasteiger charge is -1.99. The first-order valence-corrected chi connectivity index (χ1v) is 4.77. The van der Waals surface area contributed by atoms with Crippen LogP contribution >= 0.6 is 0 Å². The Bertz CT molecular complexity index is 441. The van der Waals surface area contributed by atoms with Gasteiger partial charge in [0, 0.05) is 5.56 Å². The Labute approximate surface area is 74.2 Å². The molecular formula is C7H6FNO3S. The van der Waals surface area contributed by atoms with E-state index in [2.05, 4.69) is 0 Å². The monoisotopic (exact) mass is 203 g/mol. The van der Waals surface area contributed by atoms with Gasteiger partial charge in [-0.1, -0.05) is 0 Å². The van der Waals surface area contributed by atoms with Crippen LogP contribution in [0.25, 0.3) is 0 Å². The third kappa shape index (κ3) is 2.10. The molecule has 0 saturated carbocycles. The van der Waals surface area contributed by atoms with Crippen molar-refractivity contribution in [3.05, 3.63) is 29.6 Å². The van der Waals surface area contributed by atoms with Crippen LogP contribution in [0.5, 0.6) is 0 Å². The molecule has 0 amide bonds. The molecular weight excluding hydrogens is 197 g/mol. The van der Waals surface area contributed by atoms with Crippen molar-refractivity contribution in [3.8, 4) is 0 Å². The first-order chi connectivity index (χ1) is 5.95. The summed E-state index contributed by atoms with van der Waals surface area (Å²) in [6.45, 7) is 0. The lowest BCUT2D eigenvalue weighted by Crippen LogP contribution is -2.14. The summed E-state index contributed by atoms with van der Waals surface area (Å²) in [5.41, 5.74) is 0.0606. The minimum atomic E-state index is -4.10. The second-order valence-corrected chi connectivity index (χ2v) is 3.88. The van der Waals surface area contributed by atoms with Gasteiger partial charge < -0.3 is 0 Å². The quantitative estimate of drug-likeness (QED) is 0.701. The maximum atomic E-state index is 12.8. The summed E-state index contributed by atoms with van der Waals surface area (Å²) in [5.74, 6) is -0.965. The number of benzene rings is 1. The van der Waals surface area contributed by atoms with Crippen LogP contribution in [0.1, 0.15) is 10.4 Å². The summed E-state index contributed by atoms with van der Waals surface area (Å²) in [6.07, 6.45) is 0.411. The van der Waals surface area contributed by atoms with E-state index < -0.39 is 20.7 Å². The molecule has 70 valence electrons. The van der Waals surface area contributed by atoms with Crippen LogP contribution in [-0.2, 0) is 10.0 Å². The fourth-order valence-corrected chi connectivity index (χ4v) is 1.45. The van der Waals surface area contributed by atoms with Gasteiger partial charge >= 0.3 is 0 Å². The molecule has 6 heteroatoms. The van der Waals surface area contributed by atoms with Crippen LogP contribution in [0, 0.1) is 5.82 Å². The fourth-order valence-electron chi connectivity index (χ4n) is 0.811. The van der Waals surface area contributed by atoms with Crippen LogP contribution in [0.4, 0.5) is 4.39 Å². The Morgan fingerprint density at radius 1 is 1.38 bits per heavy atom. The number of nitrogens with two attached hydrogens (primary N) is 1. The van der Waals surface area contributed by atoms with Crippen molar-refractivity contribution in [1.82, 2.24) is 0 Å². The lowest BCUT2D eigenvalue weighted by molar-refractivity contribution is 0.112. The van der Waals surface area contributed by atoms with Gasteiger partial charge in [-0.3, -0.25) is 4.79 Å². The zero-order valence-electron chi connectivity index (χ0n) is 6.40. The van der Waals surface area contributed by atoms with Gasteiger partial charge in [-0.25, -0.2) is 17.9 Å². The van der Waals surface area contributed by atoms with Crippen molar-refractivity contribution in [2.24, 2.45) is 5.14 Å². The van der Waals surface area contributed by atoms with Crippen LogP contribution in [-0.4, -0.2) is 14.7 Å². The maximum Gasteiger partial charge on any atom is 0.240 e. The second-order valence-electron chi connectivity index (χ2n) is 2.35. The highest BCUT2D eigenvalue weighted by molar-refractivity contribution is 7.89. The average Bonchev–Trinajstić information content (AvgIpc) is 2.03. The van der Waals surface area contributed by atoms with E-state index in [0.29, 0.717) is 6.29 Å². The Balaban J connectivity index is 3.44. The molecule has 0 aliphatic rings. The summed E-state index contributed by atoms with van der Waals surface area (Å²) in [5, 5.41) is 4.70. The number of carbonyl (C=O) groups is 1. The van der Waals surface area contributed by atoms with E-state index in [1.165, 1.54) is 0 Å². The van der Waals surface area contributed by atoms with Crippen molar-refractivity contribution in [2.45, 2.75) is 4.90 Å². The van der Waals surface area contributed by atoms with Crippen LogP contribution in [0.15, 0.2) is 23.1 Å². The Kier molecular flexibility index (Phi) is 2.44. The summed E-state index contributed by atoms with van der Waals surface area (Å²) in [7, 11) is -4.10. The highest BCUT2D eigenvalue weighted by Crippen LogP contribution is 2.13. The molecule has 0 heterocycles. The zero-order valence-corrected chi connectivity index (χ0v) is 7.21. The molecule has 0 bridgehead atoms. The highest BCUT2D eigenvalue weighted by atomic mass is 32.2. The molecule has 0 aromatic heterocycles. The lowest BCUT2D eigenvalue weighted by atomic mass is 10.2. The summed E-state index contributed by atoms with van der Waals surface area (Å²) < 4.78 is 34.3. The first kappa shape index (κ1) is 9.82. The number of sulfonamides is 1. The largest absolute Gasteiger partial charge is 0.298 e. The normalized spacial score (nSPS) is 11.2. The Hall–Kier alpha value is -1.27. The molecule has 1 aromatic carbocycles. The number of aldehydes is 1. The minimum Gasteiger partial charge on any atom is -0.298 e. The van der Waals surface area contributed by atoms with Gasteiger partial charge in [0.1, 0.15) is 17.0 Å². The molecule has 0 saturated heterocycles. The Morgan fingerprint density at radius 2 is 2.00 bits per heavy atom. The maximum absolute atomic E-state index is 12.8. The van der Waals surface area contributed by atoms with Crippen molar-refractivity contribution >= 4 is 16.3 Å². The van der Waals surface area contributed by atoms with Gasteiger partial charge in [0.25, 0.3) is 0 Å². The molecule has 4 nitrogen and oxygen atoms in total. The van der Waals surface area contributed by atoms with E-state index in [9.17, 15) is 17.6 Å². The van der Waals surface area contributed by atoms with Crippen LogP contribution in [0.3, 0.4) is 0 Å². The van der Waals surface area contributed by atoms with Gasteiger partial charge in [0.05, 0.1) is 0 Å². The zero-order chi connectivity index (χ0) is 10.1. The molecule has 0 atom stereocenters. The van der Waals surface area contributed by atoms with Crippen molar-refractivity contribution < 1.29 is 17.6 Å². The Morgan fingerprint density at radius 3 is 2.46 bits per heavy atom. The van der Waals surface area contributed by atoms with Crippen LogP contribution in [0.2, 0.25) is 0 Å². The first-order valence-electron chi connectivity index (χ1n) is 3.22. The number of hydrogen-bond acceptors (Lipinski definition) is 3. The van der Waals surface area contributed by atoms with E-state index in [1.807, 2.05) is 0 Å². The van der Waals surface area contributed by atoms with E-state index in [0.717, 1.165) is 18.2 Å². The average molecular weight is 203 g/mol. The molecule has 13 heavy (non-hydrogen) atoms. The summed E-state index contributed by atoms with van der Waals surface area (Å²) >= 11 is 0. The predicted octanol–water partition coefficient (Wildman–Crippen LogP) is 0.286. The third-order valence-corrected chi connectivity index (χ3v) is 2.32. The number of rotatable bonds is 2. The number of halogens is 1. The molecule has 0 aliphatic heterocycles. The molecule has 1 aromatic rings. The summed E-state index contributed by atoms with van der Waals surface area (Å²) in [6, 6.07) is 2.93. The van der Waals surface area contributed by atoms with E-state index in [-0.39, 0.29) is 5.56 Å². The topological polar surface area (TPSA) is 77.2 Å². The molecule has 0 spiro atoms. The van der Waals surface area contributed by atoms with Gasteiger partial charge in [0.2, 0.25) is 10.0 Å². The SMILES string of the molecule is NS(=O)(=O)c1cc(C=O)ccc1F. The van der Waals surface area contributed by atoms with Crippen molar-refractivity contribution in [2.75, 3.05) is 0 Å². The molecule has 2 N–H and O–H groups in total. The van der Waals surface area contributed by atoms with E-state index >= 15 is 0 Å². The van der Waals surface area contributed by atoms with Gasteiger partial charge in [0.15, 0.2) is 0 Å². The summed E-state index contributed by atoms with van der Waals surface area (Å²) in [4.78, 5) is 9.57. The number of primary sulfonamides is 1. The molecule has 1 rings (SSSR count). The fraction of sp³-hybridized carbons (Fsp3) is 0. The molecule has 0 aliphatic carbocycles. The van der Waals surface area contributed by atoms with Gasteiger partial charge in [-0.05, 0) is 18.2 Å². The third-order valence-electron chi connectivity index (χ3n) is 1.40. The molecule has 0 unspecified atom stereocenters. The van der Waals surface area contributed by atoms with Crippen molar-refractivity contribution in [3.63, 3.8) is 0 Å². The van der Waals surface area contributed by atoms with E-state index in [1.54, 1.807) is 0 Å². The highest BCUT2D eigenvalue weighted by Gasteiger charge is 2.14. The minimum absolute atomic E-state index is 0.0606. The second kappa shape index (κ2) is 3.23. The smallest absolute Gasteiger partial charge is 0.240 e. The van der Waals surface area contributed by atoms with Gasteiger partial charge in [-0.2, -0.15) is 0 Å². The molecule has 0 radical (unpaired) electrons. The van der Waals surface area contributed by atoms with E-state index in [4.69, 9.17) is 5.14 Å². The number of carbonyl (C=O) groups excluding carboxylic acids is 1. The predicted molar refractivity (Wildman–Crippen MR) is 43.2 cm³/mol. The van der Waals surface area contributed by atoms with Gasteiger partial charge in [-0.15, -0.1) is 0 Å². The van der Waals surface area contributed by atoms with Crippen LogP contribution < -0.4 is 5.14 Å².